The Balaban J connectivity index is 1.81. The molecule has 1 aromatic heterocycles. The lowest BCUT2D eigenvalue weighted by Crippen LogP contribution is -2.37. The van der Waals surface area contributed by atoms with Gasteiger partial charge in [0.25, 0.3) is 0 Å². The van der Waals surface area contributed by atoms with Crippen molar-refractivity contribution in [2.45, 2.75) is 6.42 Å². The number of fused-ring (bicyclic) bond motifs is 1. The van der Waals surface area contributed by atoms with Gasteiger partial charge in [-0.2, -0.15) is 0 Å². The van der Waals surface area contributed by atoms with Crippen molar-refractivity contribution in [2.75, 3.05) is 45.7 Å². The van der Waals surface area contributed by atoms with Crippen molar-refractivity contribution in [1.82, 2.24) is 14.8 Å². The number of pyridine rings is 1. The van der Waals surface area contributed by atoms with Gasteiger partial charge in [-0.3, -0.25) is 0 Å². The van der Waals surface area contributed by atoms with Gasteiger partial charge in [-0.05, 0) is 32.1 Å². The molecule has 1 aromatic carbocycles. The fraction of sp³-hybridized carbons (Fsp3) is 0.412. The molecule has 1 N–H and O–H groups in total. The average molecular weight is 314 g/mol. The molecule has 0 aliphatic carbocycles. The molecular formula is C17H22N4O2. The first kappa shape index (κ1) is 15.6. The van der Waals surface area contributed by atoms with Crippen molar-refractivity contribution in [3.63, 3.8) is 0 Å². The number of para-hydroxylation sites is 1. The lowest BCUT2D eigenvalue weighted by atomic mass is 10.2. The summed E-state index contributed by atoms with van der Waals surface area (Å²) in [5.74, 6) is 0.538. The van der Waals surface area contributed by atoms with Gasteiger partial charge < -0.3 is 19.9 Å². The molecule has 0 bridgehead atoms. The highest BCUT2D eigenvalue weighted by atomic mass is 16.5. The van der Waals surface area contributed by atoms with E-state index in [9.17, 15) is 4.79 Å². The molecule has 0 atom stereocenters. The number of aromatic nitrogens is 1. The molecule has 1 saturated heterocycles. The number of methoxy groups -OCH3 is 1. The zero-order valence-corrected chi connectivity index (χ0v) is 13.6. The van der Waals surface area contributed by atoms with Crippen LogP contribution in [0, 0.1) is 0 Å². The predicted octanol–water partition coefficient (Wildman–Crippen LogP) is 2.41. The molecule has 23 heavy (non-hydrogen) atoms. The van der Waals surface area contributed by atoms with Gasteiger partial charge >= 0.3 is 6.03 Å². The number of anilines is 1. The molecule has 0 saturated carbocycles. The van der Waals surface area contributed by atoms with Gasteiger partial charge in [0.15, 0.2) is 0 Å². The third-order valence-corrected chi connectivity index (χ3v) is 4.15. The number of nitrogens with one attached hydrogen (secondary N) is 1. The van der Waals surface area contributed by atoms with E-state index in [1.165, 1.54) is 0 Å². The van der Waals surface area contributed by atoms with Crippen molar-refractivity contribution in [1.29, 1.82) is 0 Å². The Morgan fingerprint density at radius 3 is 2.87 bits per heavy atom. The fourth-order valence-corrected chi connectivity index (χ4v) is 2.79. The quantitative estimate of drug-likeness (QED) is 0.925. The number of ether oxygens (including phenoxy) is 1. The molecule has 0 spiro atoms. The Hall–Kier alpha value is -2.34. The van der Waals surface area contributed by atoms with Crippen LogP contribution < -0.4 is 10.1 Å². The van der Waals surface area contributed by atoms with Crippen molar-refractivity contribution in [3.8, 4) is 5.88 Å². The summed E-state index contributed by atoms with van der Waals surface area (Å²) in [5, 5.41) is 3.97. The number of urea groups is 1. The van der Waals surface area contributed by atoms with E-state index in [0.717, 1.165) is 43.5 Å². The first-order valence-electron chi connectivity index (χ1n) is 7.85. The molecule has 122 valence electrons. The van der Waals surface area contributed by atoms with Crippen molar-refractivity contribution >= 4 is 22.6 Å². The van der Waals surface area contributed by atoms with Crippen LogP contribution in [-0.4, -0.2) is 61.2 Å². The lowest BCUT2D eigenvalue weighted by molar-refractivity contribution is 0.213. The summed E-state index contributed by atoms with van der Waals surface area (Å²) in [4.78, 5) is 21.1. The van der Waals surface area contributed by atoms with E-state index >= 15 is 0 Å². The Morgan fingerprint density at radius 2 is 2.04 bits per heavy atom. The molecular weight excluding hydrogens is 292 g/mol. The molecule has 6 heteroatoms. The van der Waals surface area contributed by atoms with Gasteiger partial charge in [0.1, 0.15) is 0 Å². The minimum atomic E-state index is -0.0718. The second kappa shape index (κ2) is 6.83. The second-order valence-corrected chi connectivity index (χ2v) is 5.80. The summed E-state index contributed by atoms with van der Waals surface area (Å²) in [7, 11) is 3.67. The van der Waals surface area contributed by atoms with Crippen LogP contribution in [0.5, 0.6) is 5.88 Å². The van der Waals surface area contributed by atoms with Crippen molar-refractivity contribution in [2.24, 2.45) is 0 Å². The summed E-state index contributed by atoms with van der Waals surface area (Å²) in [6.45, 7) is 3.44. The van der Waals surface area contributed by atoms with E-state index in [4.69, 9.17) is 4.74 Å². The minimum Gasteiger partial charge on any atom is -0.481 e. The molecule has 6 nitrogen and oxygen atoms in total. The van der Waals surface area contributed by atoms with Crippen LogP contribution >= 0.6 is 0 Å². The van der Waals surface area contributed by atoms with E-state index < -0.39 is 0 Å². The van der Waals surface area contributed by atoms with Gasteiger partial charge in [0.05, 0.1) is 18.3 Å². The third kappa shape index (κ3) is 3.53. The Kier molecular flexibility index (Phi) is 4.62. The van der Waals surface area contributed by atoms with Gasteiger partial charge in [-0.15, -0.1) is 0 Å². The molecule has 1 aliphatic rings. The zero-order valence-electron chi connectivity index (χ0n) is 13.6. The maximum Gasteiger partial charge on any atom is 0.321 e. The molecule has 0 unspecified atom stereocenters. The molecule has 2 amide bonds. The predicted molar refractivity (Wildman–Crippen MR) is 91.0 cm³/mol. The molecule has 2 aromatic rings. The van der Waals surface area contributed by atoms with Gasteiger partial charge in [0, 0.05) is 31.1 Å². The number of rotatable bonds is 2. The second-order valence-electron chi connectivity index (χ2n) is 5.80. The fourth-order valence-electron chi connectivity index (χ4n) is 2.79. The molecule has 1 aliphatic heterocycles. The topological polar surface area (TPSA) is 57.7 Å². The van der Waals surface area contributed by atoms with Crippen LogP contribution in [0.3, 0.4) is 0 Å². The largest absolute Gasteiger partial charge is 0.481 e. The summed E-state index contributed by atoms with van der Waals surface area (Å²) < 4.78 is 5.19. The van der Waals surface area contributed by atoms with E-state index in [2.05, 4.69) is 22.2 Å². The standard InChI is InChI=1S/C17H22N4O2/c1-20-9-4-10-21(12-11-20)17(22)18-14-6-3-5-13-7-8-15(23-2)19-16(13)14/h3,5-8H,4,9-12H2,1-2H3,(H,18,22). The van der Waals surface area contributed by atoms with Crippen LogP contribution in [0.2, 0.25) is 0 Å². The van der Waals surface area contributed by atoms with Crippen LogP contribution in [-0.2, 0) is 0 Å². The van der Waals surface area contributed by atoms with Crippen LogP contribution in [0.1, 0.15) is 6.42 Å². The number of carbonyl (C=O) groups is 1. The number of nitrogens with zero attached hydrogens (tertiary/aromatic N) is 3. The highest BCUT2D eigenvalue weighted by Crippen LogP contribution is 2.24. The summed E-state index contributed by atoms with van der Waals surface area (Å²) in [6, 6.07) is 9.45. The van der Waals surface area contributed by atoms with Gasteiger partial charge in [-0.1, -0.05) is 12.1 Å². The highest BCUT2D eigenvalue weighted by molar-refractivity contribution is 5.99. The molecule has 1 fully saturated rings. The summed E-state index contributed by atoms with van der Waals surface area (Å²) in [6.07, 6.45) is 0.992. The van der Waals surface area contributed by atoms with Crippen LogP contribution in [0.4, 0.5) is 10.5 Å². The Bertz CT molecular complexity index is 704. The van der Waals surface area contributed by atoms with Crippen LogP contribution in [0.25, 0.3) is 10.9 Å². The summed E-state index contributed by atoms with van der Waals surface area (Å²) in [5.41, 5.74) is 1.45. The number of amides is 2. The third-order valence-electron chi connectivity index (χ3n) is 4.15. The average Bonchev–Trinajstić information content (AvgIpc) is 2.79. The Morgan fingerprint density at radius 1 is 1.17 bits per heavy atom. The number of hydrogen-bond donors (Lipinski definition) is 1. The molecule has 2 heterocycles. The van der Waals surface area contributed by atoms with E-state index in [0.29, 0.717) is 11.6 Å². The highest BCUT2D eigenvalue weighted by Gasteiger charge is 2.18. The number of hydrogen-bond acceptors (Lipinski definition) is 4. The normalized spacial score (nSPS) is 16.2. The SMILES string of the molecule is COc1ccc2cccc(NC(=O)N3CCCN(C)CC3)c2n1. The van der Waals surface area contributed by atoms with E-state index in [-0.39, 0.29) is 6.03 Å². The molecule has 0 radical (unpaired) electrons. The monoisotopic (exact) mass is 314 g/mol. The summed E-state index contributed by atoms with van der Waals surface area (Å²) >= 11 is 0. The van der Waals surface area contributed by atoms with Gasteiger partial charge in [-0.25, -0.2) is 9.78 Å². The zero-order chi connectivity index (χ0) is 16.2. The van der Waals surface area contributed by atoms with E-state index in [1.54, 1.807) is 7.11 Å². The number of likely N-dealkylation sites (N-methyl/N-ethyl adjacent to an activating group) is 1. The maximum absolute atomic E-state index is 12.6. The molecule has 3 rings (SSSR count). The lowest BCUT2D eigenvalue weighted by Gasteiger charge is -2.21. The minimum absolute atomic E-state index is 0.0718. The van der Waals surface area contributed by atoms with Crippen molar-refractivity contribution < 1.29 is 9.53 Å². The number of carbonyl (C=O) groups excluding carboxylic acids is 1. The van der Waals surface area contributed by atoms with E-state index in [1.807, 2.05) is 35.2 Å². The first-order chi connectivity index (χ1) is 11.2. The Labute approximate surface area is 136 Å². The maximum atomic E-state index is 12.6. The van der Waals surface area contributed by atoms with Crippen molar-refractivity contribution in [3.05, 3.63) is 30.3 Å². The smallest absolute Gasteiger partial charge is 0.321 e. The first-order valence-corrected chi connectivity index (χ1v) is 7.85. The number of benzene rings is 1. The van der Waals surface area contributed by atoms with Crippen LogP contribution in [0.15, 0.2) is 30.3 Å². The van der Waals surface area contributed by atoms with Gasteiger partial charge in [0.2, 0.25) is 5.88 Å².